The van der Waals surface area contributed by atoms with Crippen molar-refractivity contribution >= 4 is 40.1 Å². The van der Waals surface area contributed by atoms with Crippen LogP contribution in [0.4, 0.5) is 5.82 Å². The van der Waals surface area contributed by atoms with Crippen molar-refractivity contribution in [3.63, 3.8) is 0 Å². The first-order chi connectivity index (χ1) is 16.1. The Kier molecular flexibility index (Phi) is 5.62. The third-order valence-electron chi connectivity index (χ3n) is 5.63. The summed E-state index contributed by atoms with van der Waals surface area (Å²) >= 11 is 0. The van der Waals surface area contributed by atoms with E-state index < -0.39 is 0 Å². The van der Waals surface area contributed by atoms with Gasteiger partial charge in [0, 0.05) is 13.2 Å². The van der Waals surface area contributed by atoms with E-state index in [1.54, 1.807) is 13.3 Å². The van der Waals surface area contributed by atoms with Crippen molar-refractivity contribution in [1.29, 1.82) is 0 Å². The van der Waals surface area contributed by atoms with Crippen molar-refractivity contribution < 1.29 is 14.3 Å². The summed E-state index contributed by atoms with van der Waals surface area (Å²) in [6.45, 7) is 1.14. The molecule has 1 saturated heterocycles. The molecule has 0 radical (unpaired) electrons. The summed E-state index contributed by atoms with van der Waals surface area (Å²) in [4.78, 5) is 22.5. The molecule has 5 rings (SSSR count). The molecule has 3 N–H and O–H groups in total. The summed E-state index contributed by atoms with van der Waals surface area (Å²) in [5.41, 5.74) is 9.67. The number of ether oxygens (including phenoxy) is 2. The Bertz CT molecular complexity index is 1360. The summed E-state index contributed by atoms with van der Waals surface area (Å²) < 4.78 is 12.3. The van der Waals surface area contributed by atoms with E-state index in [1.807, 2.05) is 48.5 Å². The maximum atomic E-state index is 13.1. The van der Waals surface area contributed by atoms with Gasteiger partial charge < -0.3 is 20.5 Å². The minimum Gasteiger partial charge on any atom is -0.497 e. The molecule has 2 aromatic carbocycles. The summed E-state index contributed by atoms with van der Waals surface area (Å²) in [6.07, 6.45) is 3.58. The van der Waals surface area contributed by atoms with Crippen LogP contribution in [-0.2, 0) is 4.74 Å². The zero-order valence-corrected chi connectivity index (χ0v) is 18.2. The van der Waals surface area contributed by atoms with Gasteiger partial charge in [-0.1, -0.05) is 24.3 Å². The van der Waals surface area contributed by atoms with Crippen molar-refractivity contribution in [1.82, 2.24) is 20.0 Å². The van der Waals surface area contributed by atoms with E-state index in [1.165, 1.54) is 4.68 Å². The number of anilines is 1. The Morgan fingerprint density at radius 3 is 2.85 bits per heavy atom. The smallest absolute Gasteiger partial charge is 0.257 e. The lowest BCUT2D eigenvalue weighted by Gasteiger charge is -2.10. The van der Waals surface area contributed by atoms with Crippen LogP contribution in [0, 0.1) is 0 Å². The van der Waals surface area contributed by atoms with Crippen molar-refractivity contribution in [3.8, 4) is 5.75 Å². The van der Waals surface area contributed by atoms with Gasteiger partial charge in [-0.05, 0) is 42.7 Å². The molecule has 0 spiro atoms. The fraction of sp³-hybridized carbons (Fsp3) is 0.250. The number of methoxy groups -OCH3 is 1. The van der Waals surface area contributed by atoms with Crippen molar-refractivity contribution in [2.45, 2.75) is 18.9 Å². The lowest BCUT2D eigenvalue weighted by molar-refractivity contribution is 0.0859. The lowest BCUT2D eigenvalue weighted by atomic mass is 10.2. The normalized spacial score (nSPS) is 16.1. The maximum absolute atomic E-state index is 13.1. The Hall–Kier alpha value is -3.98. The van der Waals surface area contributed by atoms with Crippen molar-refractivity contribution in [3.05, 3.63) is 59.7 Å². The molecule has 2 aromatic heterocycles. The third-order valence-corrected chi connectivity index (χ3v) is 5.63. The predicted molar refractivity (Wildman–Crippen MR) is 127 cm³/mol. The highest BCUT2D eigenvalue weighted by molar-refractivity contribution is 6.10. The monoisotopic (exact) mass is 444 g/mol. The first kappa shape index (κ1) is 20.9. The summed E-state index contributed by atoms with van der Waals surface area (Å²) in [6, 6.07) is 14.9. The van der Waals surface area contributed by atoms with Crippen LogP contribution in [0.25, 0.3) is 22.2 Å². The minimum atomic E-state index is -0.326. The minimum absolute atomic E-state index is 0.0153. The van der Waals surface area contributed by atoms with Gasteiger partial charge in [-0.25, -0.2) is 9.97 Å². The Morgan fingerprint density at radius 2 is 2.09 bits per heavy atom. The number of nitrogen functional groups attached to an aromatic ring is 1. The number of aromatic nitrogens is 3. The molecular formula is C24H24N6O3. The molecule has 1 aliphatic rings. The molecule has 33 heavy (non-hydrogen) atoms. The number of nitrogens with two attached hydrogens (primary N) is 1. The molecule has 1 aliphatic heterocycles. The SMILES string of the molecule is COc1cccc(/C=N/n2c(N)c(C(=O)NCC3CCCO3)c3nc4ccccc4nc32)c1. The van der Waals surface area contributed by atoms with E-state index in [0.29, 0.717) is 34.5 Å². The fourth-order valence-electron chi connectivity index (χ4n) is 3.93. The van der Waals surface area contributed by atoms with Gasteiger partial charge in [0.05, 0.1) is 30.5 Å². The molecule has 3 heterocycles. The van der Waals surface area contributed by atoms with Crippen molar-refractivity contribution in [2.24, 2.45) is 5.10 Å². The highest BCUT2D eigenvalue weighted by Crippen LogP contribution is 2.28. The highest BCUT2D eigenvalue weighted by atomic mass is 16.5. The first-order valence-corrected chi connectivity index (χ1v) is 10.8. The van der Waals surface area contributed by atoms with Crippen LogP contribution in [0.5, 0.6) is 5.75 Å². The van der Waals surface area contributed by atoms with Gasteiger partial charge in [-0.2, -0.15) is 9.78 Å². The summed E-state index contributed by atoms with van der Waals surface area (Å²) in [5, 5.41) is 7.46. The second kappa shape index (κ2) is 8.87. The number of benzene rings is 2. The van der Waals surface area contributed by atoms with Gasteiger partial charge in [0.25, 0.3) is 5.91 Å². The van der Waals surface area contributed by atoms with Crippen LogP contribution in [0.3, 0.4) is 0 Å². The standard InChI is InChI=1S/C24H24N6O3/c1-32-16-7-4-6-15(12-16)13-27-30-22(25)20(24(31)26-14-17-8-5-11-33-17)21-23(30)29-19-10-3-2-9-18(19)28-21/h2-4,6-7,9-10,12-13,17H,5,8,11,14,25H2,1H3,(H,26,31)/b27-13+. The number of carbonyl (C=O) groups is 1. The molecule has 168 valence electrons. The average Bonchev–Trinajstić information content (AvgIpc) is 3.45. The van der Waals surface area contributed by atoms with Crippen molar-refractivity contribution in [2.75, 3.05) is 26.0 Å². The average molecular weight is 444 g/mol. The van der Waals surface area contributed by atoms with Crippen LogP contribution >= 0.6 is 0 Å². The largest absolute Gasteiger partial charge is 0.497 e. The zero-order chi connectivity index (χ0) is 22.8. The molecule has 4 aromatic rings. The fourth-order valence-corrected chi connectivity index (χ4v) is 3.93. The van der Waals surface area contributed by atoms with Gasteiger partial charge in [0.1, 0.15) is 22.6 Å². The molecule has 1 unspecified atom stereocenters. The zero-order valence-electron chi connectivity index (χ0n) is 18.2. The van der Waals surface area contributed by atoms with E-state index in [0.717, 1.165) is 25.0 Å². The summed E-state index contributed by atoms with van der Waals surface area (Å²) in [5.74, 6) is 0.557. The van der Waals surface area contributed by atoms with Gasteiger partial charge >= 0.3 is 0 Å². The molecular weight excluding hydrogens is 420 g/mol. The molecule has 9 heteroatoms. The van der Waals surface area contributed by atoms with E-state index in [4.69, 9.17) is 25.2 Å². The molecule has 1 fully saturated rings. The highest BCUT2D eigenvalue weighted by Gasteiger charge is 2.25. The Balaban J connectivity index is 1.58. The van der Waals surface area contributed by atoms with Crippen LogP contribution in [-0.4, -0.2) is 53.1 Å². The number of hydrogen-bond donors (Lipinski definition) is 2. The number of amides is 1. The topological polar surface area (TPSA) is 117 Å². The number of fused-ring (bicyclic) bond motifs is 2. The predicted octanol–water partition coefficient (Wildman–Crippen LogP) is 2.97. The number of para-hydroxylation sites is 2. The quantitative estimate of drug-likeness (QED) is 0.442. The first-order valence-electron chi connectivity index (χ1n) is 10.8. The molecule has 0 aliphatic carbocycles. The molecule has 0 saturated carbocycles. The molecule has 0 bridgehead atoms. The number of nitrogens with one attached hydrogen (secondary N) is 1. The number of carbonyl (C=O) groups excluding carboxylic acids is 1. The van der Waals surface area contributed by atoms with E-state index in [2.05, 4.69) is 10.4 Å². The summed E-state index contributed by atoms with van der Waals surface area (Å²) in [7, 11) is 1.61. The Morgan fingerprint density at radius 1 is 1.27 bits per heavy atom. The van der Waals surface area contributed by atoms with E-state index >= 15 is 0 Å². The van der Waals surface area contributed by atoms with Gasteiger partial charge in [-0.3, -0.25) is 4.79 Å². The molecule has 9 nitrogen and oxygen atoms in total. The third kappa shape index (κ3) is 4.10. The second-order valence-corrected chi connectivity index (χ2v) is 7.82. The number of hydrogen-bond acceptors (Lipinski definition) is 7. The van der Waals surface area contributed by atoms with Crippen LogP contribution in [0.15, 0.2) is 53.6 Å². The van der Waals surface area contributed by atoms with Gasteiger partial charge in [0.15, 0.2) is 5.65 Å². The van der Waals surface area contributed by atoms with Gasteiger partial charge in [0.2, 0.25) is 0 Å². The van der Waals surface area contributed by atoms with Gasteiger partial charge in [-0.15, -0.1) is 0 Å². The molecule has 1 atom stereocenters. The number of nitrogens with zero attached hydrogens (tertiary/aromatic N) is 4. The van der Waals surface area contributed by atoms with Crippen LogP contribution in [0.2, 0.25) is 0 Å². The second-order valence-electron chi connectivity index (χ2n) is 7.82. The Labute approximate surface area is 190 Å². The van der Waals surface area contributed by atoms with E-state index in [-0.39, 0.29) is 23.4 Å². The van der Waals surface area contributed by atoms with Crippen LogP contribution < -0.4 is 15.8 Å². The van der Waals surface area contributed by atoms with Crippen LogP contribution in [0.1, 0.15) is 28.8 Å². The lowest BCUT2D eigenvalue weighted by Crippen LogP contribution is -2.32. The van der Waals surface area contributed by atoms with E-state index in [9.17, 15) is 4.79 Å². The maximum Gasteiger partial charge on any atom is 0.257 e. The molecule has 1 amide bonds. The number of rotatable bonds is 6.